The lowest BCUT2D eigenvalue weighted by Crippen LogP contribution is -2.33. The Bertz CT molecular complexity index is 6080. The van der Waals surface area contributed by atoms with Gasteiger partial charge in [0.2, 0.25) is 23.7 Å². The highest BCUT2D eigenvalue weighted by Gasteiger charge is 2.50. The first-order valence-electron chi connectivity index (χ1n) is 43.7. The molecule has 5 aliphatic heterocycles. The van der Waals surface area contributed by atoms with E-state index in [1.54, 1.807) is 23.0 Å². The summed E-state index contributed by atoms with van der Waals surface area (Å²) in [5, 5.41) is 103. The zero-order chi connectivity index (χ0) is 96.0. The predicted molar refractivity (Wildman–Crippen MR) is 522 cm³/mol. The number of aliphatic hydroxyl groups is 9. The highest BCUT2D eigenvalue weighted by atomic mass is 31.2. The molecule has 726 valence electrons. The van der Waals surface area contributed by atoms with Crippen molar-refractivity contribution in [2.75, 3.05) is 147 Å². The van der Waals surface area contributed by atoms with Gasteiger partial charge in [0, 0.05) is 26.7 Å². The second kappa shape index (κ2) is 43.4. The van der Waals surface area contributed by atoms with Crippen molar-refractivity contribution in [3.05, 3.63) is 84.7 Å². The standard InChI is InChI=1S/C18H30N5O4P.C17H28N5O4P.C16H26N5O4P.2C16H25N4O4P/c1-5-6-8-19-18-21-15-12(16(26)22-18)20-10-23(15)17-14(25)13(24)11(27-17)7-9-28(2,3)4;1-5-7-18-17-20-14-11(15(25)21-17)19-9-22(14)16-13(24)12(23)10(26-16)6-8-27(2,3)4;1-5-17-16-19-13-10(14(24)20-16)18-8-21(13)15-12(23)11(22)9(25-15)6-7-26(2,3)4;1-9-18-14-11(15(22)19-9)17-8-20(14)16-13(23-2)12(21)10(24-16)6-7-25(3,4)5;1-9-18-14-11(15(19-9)23-2)17-8-20(14)16-13(22)12(21)10(24-16)6-7-25(3,4)5/h10-11,13-14,17,24-25H,2,5-9H2,1,3-4H3,(H2,19,21,22,26);9-10,12-13,16,23-24H,2,5-8H2,1,3-4H3,(H2,18,20,21,25);8-9,11-12,15,22-23H,2,5-7H2,1,3-4H3,(H2,17,19,20,24);8,10,12-13,16,21H,3,6-7H2,1-2,4-5H3,(H,18,19,22);8,10,12-13,16,21-22H,3,6-7H2,1-2,4-5H3/t11-,13-,14-,17-;10-,12-,13-,16-;9-,11-,12-,15-;2*10-,12-,13-,16-/m11111/s1. The lowest BCUT2D eigenvalue weighted by atomic mass is 10.1. The molecule has 15 rings (SSSR count). The number of nitrogens with zero attached hydrogens (tertiary/aromatic N) is 16. The van der Waals surface area contributed by atoms with Crippen LogP contribution in [0.5, 0.6) is 5.88 Å². The number of aromatic amines is 4. The average molecular weight is 1930 g/mol. The molecule has 0 spiro atoms. The van der Waals surface area contributed by atoms with Crippen LogP contribution < -0.4 is 42.9 Å². The number of hydrogen-bond donors (Lipinski definition) is 16. The molecule has 0 bridgehead atoms. The van der Waals surface area contributed by atoms with Crippen LogP contribution >= 0.6 is 34.4 Å². The lowest BCUT2D eigenvalue weighted by molar-refractivity contribution is -0.0496. The molecule has 0 unspecified atom stereocenters. The van der Waals surface area contributed by atoms with Crippen molar-refractivity contribution in [3.63, 3.8) is 0 Å². The molecule has 5 fully saturated rings. The maximum Gasteiger partial charge on any atom is 0.280 e. The molecule has 131 heavy (non-hydrogen) atoms. The Morgan fingerprint density at radius 3 is 0.977 bits per heavy atom. The molecule has 16 N–H and O–H groups in total. The van der Waals surface area contributed by atoms with Gasteiger partial charge in [0.1, 0.15) is 72.7 Å². The van der Waals surface area contributed by atoms with Gasteiger partial charge in [-0.2, -0.15) is 19.9 Å². The molecule has 43 nitrogen and oxygen atoms in total. The molecule has 10 aromatic heterocycles. The zero-order valence-corrected chi connectivity index (χ0v) is 82.2. The molecule has 15 heterocycles. The first kappa shape index (κ1) is 104. The van der Waals surface area contributed by atoms with Crippen molar-refractivity contribution < 1.29 is 79.1 Å². The molecule has 0 aliphatic carbocycles. The average Bonchev–Trinajstić information content (AvgIpc) is 1.64. The van der Waals surface area contributed by atoms with Crippen molar-refractivity contribution in [2.45, 2.75) is 209 Å². The molecule has 0 radical (unpaired) electrons. The number of methoxy groups -OCH3 is 2. The van der Waals surface area contributed by atoms with Crippen LogP contribution in [0.15, 0.2) is 50.8 Å². The van der Waals surface area contributed by atoms with E-state index in [0.717, 1.165) is 50.1 Å². The number of H-pyrrole nitrogens is 4. The van der Waals surface area contributed by atoms with Gasteiger partial charge in [-0.3, -0.25) is 57.0 Å². The Morgan fingerprint density at radius 1 is 0.374 bits per heavy atom. The van der Waals surface area contributed by atoms with Gasteiger partial charge in [0.15, 0.2) is 87.0 Å². The number of ether oxygens (including phenoxy) is 7. The number of aromatic nitrogens is 20. The topological polar surface area (TPSA) is 581 Å². The fraction of sp³-hybridized carbons (Fsp3) is 0.639. The van der Waals surface area contributed by atoms with Crippen molar-refractivity contribution in [1.29, 1.82) is 0 Å². The van der Waals surface area contributed by atoms with Gasteiger partial charge < -0.3 is 100 Å². The second-order valence-electron chi connectivity index (χ2n) is 37.2. The summed E-state index contributed by atoms with van der Waals surface area (Å²) in [6, 6.07) is 0. The summed E-state index contributed by atoms with van der Waals surface area (Å²) in [5.74, 6) is 2.39. The van der Waals surface area contributed by atoms with Gasteiger partial charge in [-0.05, 0) is 163 Å². The molecule has 0 amide bonds. The third-order valence-electron chi connectivity index (χ3n) is 22.7. The van der Waals surface area contributed by atoms with E-state index in [4.69, 9.17) is 33.2 Å². The summed E-state index contributed by atoms with van der Waals surface area (Å²) in [6.07, 6.45) is 22.6. The van der Waals surface area contributed by atoms with Crippen LogP contribution in [-0.2, 0) is 28.4 Å². The van der Waals surface area contributed by atoms with E-state index < -0.39 is 151 Å². The minimum Gasteiger partial charge on any atom is -0.479 e. The van der Waals surface area contributed by atoms with Crippen LogP contribution in [-0.4, -0.2) is 398 Å². The fourth-order valence-corrected chi connectivity index (χ4v) is 20.3. The molecular weight excluding hydrogens is 1790 g/mol. The number of fused-ring (bicyclic) bond motifs is 5. The zero-order valence-electron chi connectivity index (χ0n) is 77.7. The maximum absolute atomic E-state index is 12.3. The second-order valence-corrected chi connectivity index (χ2v) is 58.8. The minimum atomic E-state index is -1.27. The summed E-state index contributed by atoms with van der Waals surface area (Å²) in [7, 11) is 3.06. The summed E-state index contributed by atoms with van der Waals surface area (Å²) in [5.41, 5.74) is 1.65. The highest BCUT2D eigenvalue weighted by molar-refractivity contribution is 7.73. The molecule has 20 atom stereocenters. The number of aryl methyl sites for hydroxylation is 2. The first-order valence-corrected chi connectivity index (χ1v) is 58.9. The van der Waals surface area contributed by atoms with Crippen LogP contribution in [0.25, 0.3) is 55.8 Å². The van der Waals surface area contributed by atoms with Crippen LogP contribution in [0.2, 0.25) is 0 Å². The van der Waals surface area contributed by atoms with Crippen LogP contribution in [0.1, 0.15) is 115 Å². The summed E-state index contributed by atoms with van der Waals surface area (Å²) in [4.78, 5) is 106. The molecule has 48 heteroatoms. The van der Waals surface area contributed by atoms with Crippen molar-refractivity contribution in [1.82, 2.24) is 97.6 Å². The van der Waals surface area contributed by atoms with Crippen LogP contribution in [0.4, 0.5) is 17.8 Å². The lowest BCUT2D eigenvalue weighted by Gasteiger charge is -2.20. The third kappa shape index (κ3) is 25.4. The van der Waals surface area contributed by atoms with E-state index in [1.807, 2.05) is 13.8 Å². The molecule has 0 saturated carbocycles. The van der Waals surface area contributed by atoms with E-state index in [0.29, 0.717) is 121 Å². The number of nitrogens with one attached hydrogen (secondary N) is 7. The Labute approximate surface area is 759 Å². The van der Waals surface area contributed by atoms with E-state index in [9.17, 15) is 65.1 Å². The summed E-state index contributed by atoms with van der Waals surface area (Å²) in [6.45, 7) is 26.4. The highest BCUT2D eigenvalue weighted by Crippen LogP contribution is 2.46. The number of unbranched alkanes of at least 4 members (excludes halogenated alkanes) is 1. The van der Waals surface area contributed by atoms with Crippen molar-refractivity contribution in [2.24, 2.45) is 0 Å². The Kier molecular flexibility index (Phi) is 34.3. The smallest absolute Gasteiger partial charge is 0.280 e. The third-order valence-corrected chi connectivity index (χ3v) is 30.0. The first-order chi connectivity index (χ1) is 61.5. The van der Waals surface area contributed by atoms with E-state index in [-0.39, 0.29) is 50.4 Å². The normalized spacial score (nSPS) is 26.4. The van der Waals surface area contributed by atoms with Gasteiger partial charge in [-0.25, -0.2) is 34.9 Å². The Hall–Kier alpha value is -7.95. The monoisotopic (exact) mass is 1930 g/mol. The van der Waals surface area contributed by atoms with Gasteiger partial charge in [-0.1, -0.05) is 20.3 Å². The Balaban J connectivity index is 0.000000158. The van der Waals surface area contributed by atoms with Crippen molar-refractivity contribution >= 4 is 140 Å². The predicted octanol–water partition coefficient (Wildman–Crippen LogP) is 3.64. The van der Waals surface area contributed by atoms with Crippen molar-refractivity contribution in [3.8, 4) is 5.88 Å². The molecule has 5 aliphatic rings. The van der Waals surface area contributed by atoms with Gasteiger partial charge >= 0.3 is 0 Å². The minimum absolute atomic E-state index is 0.158. The SMILES string of the molecule is C=P(C)(C)CC[C@H]1O[C@@H](n2cnc3c(=O)[nH]c(C)nc32)[C@H](OC)[C@@H]1O.C=P(C)(C)CC[C@H]1O[C@@H](n2cnc3c(=O)[nH]c(NCC)nc32)[C@H](O)[C@@H]1O.C=P(C)(C)CC[C@H]1O[C@@H](n2cnc3c(=O)[nH]c(NCCC)nc32)[C@H](O)[C@@H]1O.C=P(C)(C)CC[C@H]1O[C@@H](n2cnc3c(=O)[nH]c(NCCCC)nc32)[C@H](O)[C@@H]1O.C=P(C)(C)CC[C@H]1O[C@@H](n2cnc3c(OC)nc(C)nc32)[C@H](O)[C@@H]1O. The molecule has 0 aromatic carbocycles. The molecule has 5 saturated heterocycles. The van der Waals surface area contributed by atoms with Gasteiger partial charge in [0.05, 0.1) is 69.3 Å². The number of aliphatic hydroxyl groups excluding tert-OH is 9. The number of imidazole rings is 5. The van der Waals surface area contributed by atoms with E-state index in [1.165, 1.54) is 59.6 Å². The number of rotatable bonds is 31. The van der Waals surface area contributed by atoms with E-state index >= 15 is 0 Å². The van der Waals surface area contributed by atoms with Gasteiger partial charge in [0.25, 0.3) is 22.2 Å². The fourth-order valence-electron chi connectivity index (χ4n) is 15.5. The quantitative estimate of drug-likeness (QED) is 0.0218. The number of anilines is 3. The summed E-state index contributed by atoms with van der Waals surface area (Å²) >= 11 is 0. The van der Waals surface area contributed by atoms with E-state index in [2.05, 4.69) is 196 Å². The van der Waals surface area contributed by atoms with Crippen LogP contribution in [0, 0.1) is 13.8 Å². The van der Waals surface area contributed by atoms with Gasteiger partial charge in [-0.15, -0.1) is 65.9 Å². The van der Waals surface area contributed by atoms with Crippen LogP contribution in [0.3, 0.4) is 0 Å². The maximum atomic E-state index is 12.3. The Morgan fingerprint density at radius 2 is 0.664 bits per heavy atom. The summed E-state index contributed by atoms with van der Waals surface area (Å²) < 4.78 is 48.4. The molecular formula is C83H134N23O20P5. The number of hydrogen-bond acceptors (Lipinski definition) is 34. The molecule has 10 aromatic rings. The largest absolute Gasteiger partial charge is 0.479 e.